The molecule has 28 heavy (non-hydrogen) atoms. The topological polar surface area (TPSA) is 81.7 Å². The molecule has 0 saturated heterocycles. The summed E-state index contributed by atoms with van der Waals surface area (Å²) in [6.07, 6.45) is 0. The van der Waals surface area contributed by atoms with Crippen LogP contribution >= 0.6 is 34.5 Å². The molecule has 9 heteroatoms. The predicted molar refractivity (Wildman–Crippen MR) is 108 cm³/mol. The Hall–Kier alpha value is -2.61. The van der Waals surface area contributed by atoms with Crippen molar-refractivity contribution in [2.45, 2.75) is 0 Å². The van der Waals surface area contributed by atoms with E-state index in [0.717, 1.165) is 16.0 Å². The third kappa shape index (κ3) is 4.44. The van der Waals surface area contributed by atoms with Gasteiger partial charge in [0, 0.05) is 20.7 Å². The van der Waals surface area contributed by atoms with Gasteiger partial charge in [0.05, 0.1) is 12.1 Å². The summed E-state index contributed by atoms with van der Waals surface area (Å²) < 4.78 is 10.7. The van der Waals surface area contributed by atoms with Crippen LogP contribution in [0, 0.1) is 0 Å². The number of amides is 2. The first kappa shape index (κ1) is 20.1. The molecule has 0 fully saturated rings. The number of fused-ring (bicyclic) bond motifs is 1. The fourth-order valence-electron chi connectivity index (χ4n) is 2.34. The third-order valence-electron chi connectivity index (χ3n) is 3.72. The van der Waals surface area contributed by atoms with E-state index < -0.39 is 24.4 Å². The SMILES string of the molecule is COc1ccc(C(=O)NC(=O)COC(=O)c2sc3cc(Cl)ccc3c2Cl)cc1. The van der Waals surface area contributed by atoms with Crippen LogP contribution in [-0.2, 0) is 9.53 Å². The summed E-state index contributed by atoms with van der Waals surface area (Å²) in [5.74, 6) is -1.54. The third-order valence-corrected chi connectivity index (χ3v) is 5.59. The number of halogens is 2. The van der Waals surface area contributed by atoms with Gasteiger partial charge in [-0.3, -0.25) is 14.9 Å². The summed E-state index contributed by atoms with van der Waals surface area (Å²) in [6.45, 7) is -0.619. The summed E-state index contributed by atoms with van der Waals surface area (Å²) in [4.78, 5) is 36.3. The molecule has 0 unspecified atom stereocenters. The number of rotatable bonds is 5. The zero-order valence-electron chi connectivity index (χ0n) is 14.5. The normalized spacial score (nSPS) is 10.5. The summed E-state index contributed by atoms with van der Waals surface area (Å²) >= 11 is 13.3. The van der Waals surface area contributed by atoms with Crippen molar-refractivity contribution in [2.75, 3.05) is 13.7 Å². The number of nitrogens with one attached hydrogen (secondary N) is 1. The second kappa shape index (κ2) is 8.60. The van der Waals surface area contributed by atoms with Crippen LogP contribution in [0.1, 0.15) is 20.0 Å². The van der Waals surface area contributed by atoms with Crippen LogP contribution in [0.25, 0.3) is 10.1 Å². The molecule has 0 radical (unpaired) electrons. The Bertz CT molecular complexity index is 1060. The highest BCUT2D eigenvalue weighted by Crippen LogP contribution is 2.37. The van der Waals surface area contributed by atoms with Gasteiger partial charge in [-0.1, -0.05) is 29.3 Å². The van der Waals surface area contributed by atoms with Gasteiger partial charge in [0.25, 0.3) is 11.8 Å². The first-order chi connectivity index (χ1) is 13.4. The first-order valence-electron chi connectivity index (χ1n) is 7.92. The molecular weight excluding hydrogens is 425 g/mol. The lowest BCUT2D eigenvalue weighted by Gasteiger charge is -2.06. The molecule has 0 atom stereocenters. The Labute approximate surface area is 174 Å². The van der Waals surface area contributed by atoms with Crippen molar-refractivity contribution in [1.29, 1.82) is 0 Å². The number of carbonyl (C=O) groups excluding carboxylic acids is 3. The van der Waals surface area contributed by atoms with Crippen molar-refractivity contribution >= 4 is 62.4 Å². The summed E-state index contributed by atoms with van der Waals surface area (Å²) in [6, 6.07) is 11.3. The van der Waals surface area contributed by atoms with Crippen molar-refractivity contribution in [3.8, 4) is 5.75 Å². The van der Waals surface area contributed by atoms with E-state index >= 15 is 0 Å². The number of ether oxygens (including phenoxy) is 2. The highest BCUT2D eigenvalue weighted by atomic mass is 35.5. The molecule has 0 spiro atoms. The maximum absolute atomic E-state index is 12.2. The van der Waals surface area contributed by atoms with Gasteiger partial charge in [0.15, 0.2) is 6.61 Å². The lowest BCUT2D eigenvalue weighted by atomic mass is 10.2. The van der Waals surface area contributed by atoms with Crippen LogP contribution in [-0.4, -0.2) is 31.5 Å². The quantitative estimate of drug-likeness (QED) is 0.600. The molecule has 1 aromatic heterocycles. The first-order valence-corrected chi connectivity index (χ1v) is 9.49. The highest BCUT2D eigenvalue weighted by Gasteiger charge is 2.20. The van der Waals surface area contributed by atoms with Crippen LogP contribution in [0.4, 0.5) is 0 Å². The van der Waals surface area contributed by atoms with E-state index in [0.29, 0.717) is 16.2 Å². The van der Waals surface area contributed by atoms with Crippen LogP contribution in [0.2, 0.25) is 10.0 Å². The number of benzene rings is 2. The second-order valence-corrected chi connectivity index (χ2v) is 7.43. The zero-order chi connectivity index (χ0) is 20.3. The Morgan fingerprint density at radius 3 is 2.46 bits per heavy atom. The van der Waals surface area contributed by atoms with Crippen molar-refractivity contribution < 1.29 is 23.9 Å². The van der Waals surface area contributed by atoms with Gasteiger partial charge in [-0.05, 0) is 36.4 Å². The molecule has 0 aliphatic heterocycles. The zero-order valence-corrected chi connectivity index (χ0v) is 16.8. The number of methoxy groups -OCH3 is 1. The van der Waals surface area contributed by atoms with Crippen molar-refractivity contribution in [2.24, 2.45) is 0 Å². The van der Waals surface area contributed by atoms with E-state index in [1.54, 1.807) is 30.3 Å². The van der Waals surface area contributed by atoms with E-state index in [9.17, 15) is 14.4 Å². The second-order valence-electron chi connectivity index (χ2n) is 5.57. The van der Waals surface area contributed by atoms with Crippen LogP contribution in [0.5, 0.6) is 5.75 Å². The monoisotopic (exact) mass is 437 g/mol. The number of carbonyl (C=O) groups is 3. The molecule has 144 valence electrons. The molecule has 0 aliphatic rings. The predicted octanol–water partition coefficient (Wildman–Crippen LogP) is 4.33. The van der Waals surface area contributed by atoms with Crippen LogP contribution in [0.3, 0.4) is 0 Å². The Balaban J connectivity index is 1.60. The molecule has 1 N–H and O–H groups in total. The molecular formula is C19H13Cl2NO5S. The van der Waals surface area contributed by atoms with E-state index in [1.165, 1.54) is 19.2 Å². The Morgan fingerprint density at radius 1 is 1.07 bits per heavy atom. The van der Waals surface area contributed by atoms with E-state index in [2.05, 4.69) is 5.32 Å². The fourth-order valence-corrected chi connectivity index (χ4v) is 4.02. The van der Waals surface area contributed by atoms with Gasteiger partial charge in [0.1, 0.15) is 10.6 Å². The van der Waals surface area contributed by atoms with Gasteiger partial charge in [-0.2, -0.15) is 0 Å². The maximum Gasteiger partial charge on any atom is 0.350 e. The van der Waals surface area contributed by atoms with Crippen molar-refractivity contribution in [1.82, 2.24) is 5.32 Å². The van der Waals surface area contributed by atoms with Crippen LogP contribution < -0.4 is 10.1 Å². The molecule has 2 aromatic carbocycles. The van der Waals surface area contributed by atoms with Gasteiger partial charge in [0.2, 0.25) is 0 Å². The van der Waals surface area contributed by atoms with Gasteiger partial charge in [-0.25, -0.2) is 4.79 Å². The standard InChI is InChI=1S/C19H13Cl2NO5S/c1-26-12-5-2-10(3-6-12)18(24)22-15(23)9-27-19(25)17-16(21)13-7-4-11(20)8-14(13)28-17/h2-8H,9H2,1H3,(H,22,23,24). The summed E-state index contributed by atoms with van der Waals surface area (Å²) in [5, 5.41) is 3.56. The smallest absolute Gasteiger partial charge is 0.350 e. The largest absolute Gasteiger partial charge is 0.497 e. The van der Waals surface area contributed by atoms with Crippen molar-refractivity contribution in [3.05, 3.63) is 63.0 Å². The number of thiophene rings is 1. The molecule has 2 amide bonds. The minimum absolute atomic E-state index is 0.160. The van der Waals surface area contributed by atoms with E-state index in [4.69, 9.17) is 32.7 Å². The van der Waals surface area contributed by atoms with Crippen LogP contribution in [0.15, 0.2) is 42.5 Å². The molecule has 0 saturated carbocycles. The fraction of sp³-hybridized carbons (Fsp3) is 0.105. The van der Waals surface area contributed by atoms with Gasteiger partial charge < -0.3 is 9.47 Å². The molecule has 1 heterocycles. The molecule has 0 aliphatic carbocycles. The highest BCUT2D eigenvalue weighted by molar-refractivity contribution is 7.21. The summed E-state index contributed by atoms with van der Waals surface area (Å²) in [7, 11) is 1.50. The van der Waals surface area contributed by atoms with E-state index in [-0.39, 0.29) is 15.5 Å². The lowest BCUT2D eigenvalue weighted by Crippen LogP contribution is -2.34. The average molecular weight is 438 g/mol. The molecule has 3 rings (SSSR count). The lowest BCUT2D eigenvalue weighted by molar-refractivity contribution is -0.123. The minimum Gasteiger partial charge on any atom is -0.497 e. The molecule has 6 nitrogen and oxygen atoms in total. The maximum atomic E-state index is 12.2. The van der Waals surface area contributed by atoms with E-state index in [1.807, 2.05) is 0 Å². The van der Waals surface area contributed by atoms with Crippen molar-refractivity contribution in [3.63, 3.8) is 0 Å². The number of esters is 1. The number of hydrogen-bond acceptors (Lipinski definition) is 6. The summed E-state index contributed by atoms with van der Waals surface area (Å²) in [5.41, 5.74) is 0.268. The van der Waals surface area contributed by atoms with Gasteiger partial charge >= 0.3 is 5.97 Å². The molecule has 3 aromatic rings. The number of imide groups is 1. The average Bonchev–Trinajstić information content (AvgIpc) is 3.02. The van der Waals surface area contributed by atoms with Gasteiger partial charge in [-0.15, -0.1) is 11.3 Å². The number of hydrogen-bond donors (Lipinski definition) is 1. The molecule has 0 bridgehead atoms. The Morgan fingerprint density at radius 2 is 1.79 bits per heavy atom. The minimum atomic E-state index is -0.755. The Kier molecular flexibility index (Phi) is 6.18.